The third-order valence-electron chi connectivity index (χ3n) is 3.64. The molecule has 1 atom stereocenters. The van der Waals surface area contributed by atoms with Crippen molar-refractivity contribution in [3.8, 4) is 0 Å². The molecule has 4 heteroatoms. The monoisotopic (exact) mass is 274 g/mol. The predicted molar refractivity (Wildman–Crippen MR) is 79.5 cm³/mol. The Kier molecular flexibility index (Phi) is 4.12. The molecule has 1 aromatic carbocycles. The molecule has 1 aromatic rings. The summed E-state index contributed by atoms with van der Waals surface area (Å²) in [6.45, 7) is 8.43. The van der Waals surface area contributed by atoms with Crippen molar-refractivity contribution < 1.29 is 9.59 Å². The number of carbonyl (C=O) groups excluding carboxylic acids is 2. The lowest BCUT2D eigenvalue weighted by Gasteiger charge is -2.20. The van der Waals surface area contributed by atoms with E-state index in [1.807, 2.05) is 30.0 Å². The first-order chi connectivity index (χ1) is 9.41. The van der Waals surface area contributed by atoms with Gasteiger partial charge in [-0.2, -0.15) is 0 Å². The van der Waals surface area contributed by atoms with Crippen LogP contribution in [0.2, 0.25) is 0 Å². The lowest BCUT2D eigenvalue weighted by Crippen LogP contribution is -2.37. The van der Waals surface area contributed by atoms with Crippen LogP contribution in [0.4, 0.5) is 5.69 Å². The minimum absolute atomic E-state index is 0.0230. The standard InChI is InChI=1S/C16H22N2O2/c1-10(2)8-9-18-15-11(3)6-5-7-13(15)14(16(18)20)17-12(4)19/h5-7,10,14H,8-9H2,1-4H3,(H,17,19). The third kappa shape index (κ3) is 2.69. The minimum atomic E-state index is -0.533. The smallest absolute Gasteiger partial charge is 0.254 e. The summed E-state index contributed by atoms with van der Waals surface area (Å²) in [5, 5.41) is 2.76. The zero-order valence-corrected chi connectivity index (χ0v) is 12.6. The van der Waals surface area contributed by atoms with E-state index in [0.29, 0.717) is 12.5 Å². The summed E-state index contributed by atoms with van der Waals surface area (Å²) >= 11 is 0. The van der Waals surface area contributed by atoms with Crippen LogP contribution in [0.5, 0.6) is 0 Å². The number of para-hydroxylation sites is 1. The molecule has 108 valence electrons. The van der Waals surface area contributed by atoms with Crippen molar-refractivity contribution in [2.75, 3.05) is 11.4 Å². The first-order valence-electron chi connectivity index (χ1n) is 7.09. The molecule has 1 unspecified atom stereocenters. The molecule has 20 heavy (non-hydrogen) atoms. The Morgan fingerprint density at radius 1 is 1.40 bits per heavy atom. The Balaban J connectivity index is 2.36. The second kappa shape index (κ2) is 5.65. The van der Waals surface area contributed by atoms with E-state index in [9.17, 15) is 9.59 Å². The molecule has 0 saturated carbocycles. The fourth-order valence-corrected chi connectivity index (χ4v) is 2.63. The van der Waals surface area contributed by atoms with Gasteiger partial charge in [0.05, 0.1) is 5.69 Å². The highest BCUT2D eigenvalue weighted by atomic mass is 16.2. The summed E-state index contributed by atoms with van der Waals surface area (Å²) in [6.07, 6.45) is 0.951. The molecular weight excluding hydrogens is 252 g/mol. The van der Waals surface area contributed by atoms with Crippen molar-refractivity contribution in [3.05, 3.63) is 29.3 Å². The van der Waals surface area contributed by atoms with Crippen LogP contribution >= 0.6 is 0 Å². The Bertz CT molecular complexity index is 537. The first kappa shape index (κ1) is 14.6. The molecule has 0 saturated heterocycles. The van der Waals surface area contributed by atoms with Crippen LogP contribution in [-0.4, -0.2) is 18.4 Å². The number of nitrogens with zero attached hydrogens (tertiary/aromatic N) is 1. The van der Waals surface area contributed by atoms with Gasteiger partial charge >= 0.3 is 0 Å². The van der Waals surface area contributed by atoms with Gasteiger partial charge < -0.3 is 10.2 Å². The fraction of sp³-hybridized carbons (Fsp3) is 0.500. The van der Waals surface area contributed by atoms with Gasteiger partial charge in [0.1, 0.15) is 6.04 Å². The number of amides is 2. The summed E-state index contributed by atoms with van der Waals surface area (Å²) in [4.78, 5) is 25.7. The van der Waals surface area contributed by atoms with Crippen molar-refractivity contribution in [3.63, 3.8) is 0 Å². The molecule has 0 fully saturated rings. The second-order valence-electron chi connectivity index (χ2n) is 5.82. The third-order valence-corrected chi connectivity index (χ3v) is 3.64. The average Bonchev–Trinajstić information content (AvgIpc) is 2.61. The number of rotatable bonds is 4. The van der Waals surface area contributed by atoms with Crippen LogP contribution in [0.25, 0.3) is 0 Å². The van der Waals surface area contributed by atoms with Crippen LogP contribution in [0.1, 0.15) is 44.4 Å². The number of aryl methyl sites for hydroxylation is 1. The molecule has 1 N–H and O–H groups in total. The van der Waals surface area contributed by atoms with E-state index >= 15 is 0 Å². The van der Waals surface area contributed by atoms with Crippen LogP contribution in [-0.2, 0) is 9.59 Å². The molecule has 1 aliphatic heterocycles. The van der Waals surface area contributed by atoms with E-state index in [-0.39, 0.29) is 11.8 Å². The molecule has 1 aliphatic rings. The normalized spacial score (nSPS) is 17.6. The minimum Gasteiger partial charge on any atom is -0.341 e. The molecule has 2 amide bonds. The van der Waals surface area contributed by atoms with Crippen molar-refractivity contribution in [1.29, 1.82) is 0 Å². The Labute approximate surface area is 120 Å². The average molecular weight is 274 g/mol. The number of hydrogen-bond donors (Lipinski definition) is 1. The maximum absolute atomic E-state index is 12.6. The SMILES string of the molecule is CC(=O)NC1C(=O)N(CCC(C)C)c2c(C)cccc21. The molecule has 0 bridgehead atoms. The maximum Gasteiger partial charge on any atom is 0.254 e. The zero-order chi connectivity index (χ0) is 14.9. The van der Waals surface area contributed by atoms with Gasteiger partial charge in [0.25, 0.3) is 5.91 Å². The Morgan fingerprint density at radius 3 is 2.70 bits per heavy atom. The lowest BCUT2D eigenvalue weighted by molar-refractivity contribution is -0.126. The van der Waals surface area contributed by atoms with Gasteiger partial charge in [0, 0.05) is 19.0 Å². The number of benzene rings is 1. The lowest BCUT2D eigenvalue weighted by atomic mass is 10.0. The first-order valence-corrected chi connectivity index (χ1v) is 7.09. The summed E-state index contributed by atoms with van der Waals surface area (Å²) in [6, 6.07) is 5.33. The van der Waals surface area contributed by atoms with Gasteiger partial charge in [0.2, 0.25) is 5.91 Å². The van der Waals surface area contributed by atoms with E-state index in [1.165, 1.54) is 6.92 Å². The molecule has 0 aliphatic carbocycles. The topological polar surface area (TPSA) is 49.4 Å². The van der Waals surface area contributed by atoms with Crippen molar-refractivity contribution >= 4 is 17.5 Å². The van der Waals surface area contributed by atoms with Gasteiger partial charge in [-0.15, -0.1) is 0 Å². The fourth-order valence-electron chi connectivity index (χ4n) is 2.63. The van der Waals surface area contributed by atoms with Crippen LogP contribution < -0.4 is 10.2 Å². The number of carbonyl (C=O) groups is 2. The van der Waals surface area contributed by atoms with E-state index in [4.69, 9.17) is 0 Å². The largest absolute Gasteiger partial charge is 0.341 e. The van der Waals surface area contributed by atoms with Crippen molar-refractivity contribution in [2.24, 2.45) is 5.92 Å². The maximum atomic E-state index is 12.6. The Hall–Kier alpha value is -1.84. The number of fused-ring (bicyclic) bond motifs is 1. The molecule has 0 spiro atoms. The quantitative estimate of drug-likeness (QED) is 0.917. The number of anilines is 1. The molecule has 0 radical (unpaired) electrons. The van der Waals surface area contributed by atoms with Gasteiger partial charge in [-0.05, 0) is 24.8 Å². The van der Waals surface area contributed by atoms with Crippen LogP contribution in [0.3, 0.4) is 0 Å². The molecule has 4 nitrogen and oxygen atoms in total. The highest BCUT2D eigenvalue weighted by molar-refractivity contribution is 6.06. The summed E-state index contributed by atoms with van der Waals surface area (Å²) in [7, 11) is 0. The van der Waals surface area contributed by atoms with E-state index in [0.717, 1.165) is 23.2 Å². The summed E-state index contributed by atoms with van der Waals surface area (Å²) in [5.41, 5.74) is 2.96. The summed E-state index contributed by atoms with van der Waals surface area (Å²) in [5.74, 6) is 0.335. The number of nitrogens with one attached hydrogen (secondary N) is 1. The van der Waals surface area contributed by atoms with Crippen molar-refractivity contribution in [1.82, 2.24) is 5.32 Å². The van der Waals surface area contributed by atoms with Gasteiger partial charge in [-0.1, -0.05) is 32.0 Å². The molecular formula is C16H22N2O2. The predicted octanol–water partition coefficient (Wildman–Crippen LogP) is 2.56. The van der Waals surface area contributed by atoms with Crippen LogP contribution in [0, 0.1) is 12.8 Å². The second-order valence-corrected chi connectivity index (χ2v) is 5.82. The van der Waals surface area contributed by atoms with Gasteiger partial charge in [-0.3, -0.25) is 9.59 Å². The van der Waals surface area contributed by atoms with Gasteiger partial charge in [-0.25, -0.2) is 0 Å². The van der Waals surface area contributed by atoms with Gasteiger partial charge in [0.15, 0.2) is 0 Å². The summed E-state index contributed by atoms with van der Waals surface area (Å²) < 4.78 is 0. The van der Waals surface area contributed by atoms with Crippen molar-refractivity contribution in [2.45, 2.75) is 40.2 Å². The van der Waals surface area contributed by atoms with E-state index < -0.39 is 6.04 Å². The number of hydrogen-bond acceptors (Lipinski definition) is 2. The highest BCUT2D eigenvalue weighted by Gasteiger charge is 2.38. The highest BCUT2D eigenvalue weighted by Crippen LogP contribution is 2.38. The van der Waals surface area contributed by atoms with E-state index in [2.05, 4.69) is 19.2 Å². The van der Waals surface area contributed by atoms with Crippen LogP contribution in [0.15, 0.2) is 18.2 Å². The molecule has 2 rings (SSSR count). The van der Waals surface area contributed by atoms with E-state index in [1.54, 1.807) is 0 Å². The molecule has 0 aromatic heterocycles. The molecule has 1 heterocycles. The zero-order valence-electron chi connectivity index (χ0n) is 12.6. The Morgan fingerprint density at radius 2 is 2.10 bits per heavy atom.